The van der Waals surface area contributed by atoms with Gasteiger partial charge in [0, 0.05) is 19.3 Å². The number of hydrogen-bond acceptors (Lipinski definition) is 6. The fraction of sp³-hybridized carbons (Fsp3) is 0.939. The van der Waals surface area contributed by atoms with Crippen molar-refractivity contribution in [3.8, 4) is 0 Å². The largest absolute Gasteiger partial charge is 0.462 e. The zero-order valence-corrected chi connectivity index (χ0v) is 37.7. The molecule has 0 aliphatic rings. The van der Waals surface area contributed by atoms with E-state index >= 15 is 0 Å². The van der Waals surface area contributed by atoms with Crippen LogP contribution in [0.2, 0.25) is 0 Å². The van der Waals surface area contributed by atoms with E-state index in [9.17, 15) is 14.4 Å². The van der Waals surface area contributed by atoms with E-state index in [0.29, 0.717) is 19.3 Å². The van der Waals surface area contributed by atoms with Crippen molar-refractivity contribution in [1.29, 1.82) is 0 Å². The predicted octanol–water partition coefficient (Wildman–Crippen LogP) is 15.2. The summed E-state index contributed by atoms with van der Waals surface area (Å²) in [6.45, 7) is 13.6. The molecule has 1 atom stereocenters. The number of ether oxygens (including phenoxy) is 3. The van der Waals surface area contributed by atoms with Crippen LogP contribution >= 0.6 is 0 Å². The third-order valence-electron chi connectivity index (χ3n) is 10.9. The Labute approximate surface area is 342 Å². The van der Waals surface area contributed by atoms with E-state index in [2.05, 4.69) is 41.5 Å². The van der Waals surface area contributed by atoms with Crippen LogP contribution in [0.15, 0.2) is 0 Å². The zero-order chi connectivity index (χ0) is 40.6. The number of unbranched alkanes of at least 4 members (excludes halogenated alkanes) is 25. The predicted molar refractivity (Wildman–Crippen MR) is 233 cm³/mol. The van der Waals surface area contributed by atoms with Crippen LogP contribution < -0.4 is 0 Å². The minimum Gasteiger partial charge on any atom is -0.462 e. The second-order valence-electron chi connectivity index (χ2n) is 18.2. The van der Waals surface area contributed by atoms with Gasteiger partial charge in [-0.25, -0.2) is 0 Å². The number of esters is 3. The van der Waals surface area contributed by atoms with Crippen LogP contribution in [0, 0.1) is 17.8 Å². The molecule has 0 heterocycles. The lowest BCUT2D eigenvalue weighted by molar-refractivity contribution is -0.167. The minimum atomic E-state index is -0.762. The molecule has 0 unspecified atom stereocenters. The van der Waals surface area contributed by atoms with Crippen molar-refractivity contribution in [1.82, 2.24) is 0 Å². The van der Waals surface area contributed by atoms with E-state index in [1.54, 1.807) is 0 Å². The zero-order valence-electron chi connectivity index (χ0n) is 37.7. The molecule has 0 aliphatic heterocycles. The van der Waals surface area contributed by atoms with Gasteiger partial charge < -0.3 is 14.2 Å². The van der Waals surface area contributed by atoms with Gasteiger partial charge in [-0.05, 0) is 37.0 Å². The van der Waals surface area contributed by atoms with Crippen LogP contribution in [0.5, 0.6) is 0 Å². The first-order chi connectivity index (χ1) is 26.6. The summed E-state index contributed by atoms with van der Waals surface area (Å²) in [5.41, 5.74) is 0. The second kappa shape index (κ2) is 40.6. The van der Waals surface area contributed by atoms with Gasteiger partial charge in [-0.15, -0.1) is 0 Å². The molecule has 0 aromatic carbocycles. The van der Waals surface area contributed by atoms with Crippen LogP contribution in [0.1, 0.15) is 260 Å². The fourth-order valence-electron chi connectivity index (χ4n) is 7.23. The molecule has 0 aliphatic carbocycles. The number of carbonyl (C=O) groups excluding carboxylic acids is 3. The molecule has 0 bridgehead atoms. The summed E-state index contributed by atoms with van der Waals surface area (Å²) in [6, 6.07) is 0. The van der Waals surface area contributed by atoms with Crippen LogP contribution in [0.4, 0.5) is 0 Å². The molecule has 0 radical (unpaired) electrons. The molecule has 0 spiro atoms. The summed E-state index contributed by atoms with van der Waals surface area (Å²) >= 11 is 0. The molecule has 0 rings (SSSR count). The van der Waals surface area contributed by atoms with Gasteiger partial charge in [-0.1, -0.05) is 221 Å². The van der Waals surface area contributed by atoms with Crippen molar-refractivity contribution < 1.29 is 28.6 Å². The molecular formula is C49H94O6. The van der Waals surface area contributed by atoms with Gasteiger partial charge in [-0.3, -0.25) is 14.4 Å². The van der Waals surface area contributed by atoms with Crippen LogP contribution in [-0.2, 0) is 28.6 Å². The maximum Gasteiger partial charge on any atom is 0.306 e. The number of carbonyl (C=O) groups is 3. The maximum absolute atomic E-state index is 12.7. The van der Waals surface area contributed by atoms with Crippen molar-refractivity contribution >= 4 is 17.9 Å². The molecule has 0 fully saturated rings. The van der Waals surface area contributed by atoms with Crippen LogP contribution in [0.3, 0.4) is 0 Å². The Morgan fingerprint density at radius 3 is 0.782 bits per heavy atom. The second-order valence-corrected chi connectivity index (χ2v) is 18.2. The molecule has 55 heavy (non-hydrogen) atoms. The van der Waals surface area contributed by atoms with E-state index in [1.807, 2.05) is 0 Å². The smallest absolute Gasteiger partial charge is 0.306 e. The highest BCUT2D eigenvalue weighted by atomic mass is 16.6. The molecule has 0 aromatic heterocycles. The first kappa shape index (κ1) is 53.4. The monoisotopic (exact) mass is 779 g/mol. The summed E-state index contributed by atoms with van der Waals surface area (Å²) in [5, 5.41) is 0. The van der Waals surface area contributed by atoms with Crippen molar-refractivity contribution in [2.45, 2.75) is 266 Å². The first-order valence-electron chi connectivity index (χ1n) is 24.1. The quantitative estimate of drug-likeness (QED) is 0.0349. The summed E-state index contributed by atoms with van der Waals surface area (Å²) < 4.78 is 16.7. The summed E-state index contributed by atoms with van der Waals surface area (Å²) in [7, 11) is 0. The molecule has 6 heteroatoms. The minimum absolute atomic E-state index is 0.0661. The standard InChI is InChI=1S/C49H94O6/c1-43(2)35-29-23-17-13-10-8-7-9-11-15-19-26-32-38-47(50)53-41-46(42-54-48(51)39-33-27-22-21-25-31-37-45(5)6)55-49(52)40-34-28-20-16-12-14-18-24-30-36-44(3)4/h43-46H,7-42H2,1-6H3/t46-/m0/s1. The molecule has 0 saturated carbocycles. The van der Waals surface area contributed by atoms with Crippen molar-refractivity contribution in [2.75, 3.05) is 13.2 Å². The van der Waals surface area contributed by atoms with Crippen molar-refractivity contribution in [2.24, 2.45) is 17.8 Å². The van der Waals surface area contributed by atoms with Gasteiger partial charge >= 0.3 is 17.9 Å². The van der Waals surface area contributed by atoms with Gasteiger partial charge in [0.1, 0.15) is 13.2 Å². The van der Waals surface area contributed by atoms with E-state index in [0.717, 1.165) is 75.5 Å². The maximum atomic E-state index is 12.7. The average molecular weight is 779 g/mol. The third kappa shape index (κ3) is 43.4. The fourth-order valence-corrected chi connectivity index (χ4v) is 7.23. The van der Waals surface area contributed by atoms with Crippen molar-refractivity contribution in [3.63, 3.8) is 0 Å². The first-order valence-corrected chi connectivity index (χ1v) is 24.1. The third-order valence-corrected chi connectivity index (χ3v) is 10.9. The topological polar surface area (TPSA) is 78.9 Å². The number of rotatable bonds is 42. The highest BCUT2D eigenvalue weighted by molar-refractivity contribution is 5.71. The van der Waals surface area contributed by atoms with E-state index in [1.165, 1.54) is 141 Å². The van der Waals surface area contributed by atoms with Gasteiger partial charge in [-0.2, -0.15) is 0 Å². The molecule has 0 aromatic rings. The Morgan fingerprint density at radius 1 is 0.309 bits per heavy atom. The molecular weight excluding hydrogens is 685 g/mol. The summed E-state index contributed by atoms with van der Waals surface area (Å²) in [6.07, 6.45) is 38.2. The molecule has 0 N–H and O–H groups in total. The normalized spacial score (nSPS) is 12.2. The van der Waals surface area contributed by atoms with Gasteiger partial charge in [0.25, 0.3) is 0 Å². The van der Waals surface area contributed by atoms with E-state index < -0.39 is 6.10 Å². The average Bonchev–Trinajstić information content (AvgIpc) is 3.13. The summed E-state index contributed by atoms with van der Waals surface area (Å²) in [5.74, 6) is 1.55. The molecule has 0 amide bonds. The Balaban J connectivity index is 4.28. The lowest BCUT2D eigenvalue weighted by Crippen LogP contribution is -2.30. The van der Waals surface area contributed by atoms with E-state index in [-0.39, 0.29) is 31.1 Å². The summed E-state index contributed by atoms with van der Waals surface area (Å²) in [4.78, 5) is 37.8. The Bertz CT molecular complexity index is 852. The van der Waals surface area contributed by atoms with Gasteiger partial charge in [0.05, 0.1) is 0 Å². The highest BCUT2D eigenvalue weighted by Gasteiger charge is 2.19. The Kier molecular flexibility index (Phi) is 39.4. The molecule has 6 nitrogen and oxygen atoms in total. The lowest BCUT2D eigenvalue weighted by atomic mass is 10.0. The lowest BCUT2D eigenvalue weighted by Gasteiger charge is -2.18. The number of hydrogen-bond donors (Lipinski definition) is 0. The molecule has 0 saturated heterocycles. The highest BCUT2D eigenvalue weighted by Crippen LogP contribution is 2.17. The SMILES string of the molecule is CC(C)CCCCCCCCCCCCCCCC(=O)OC[C@@H](COC(=O)CCCCCCCCC(C)C)OC(=O)CCCCCCCCCCCC(C)C. The van der Waals surface area contributed by atoms with Crippen LogP contribution in [0.25, 0.3) is 0 Å². The molecule has 326 valence electrons. The van der Waals surface area contributed by atoms with Gasteiger partial charge in [0.15, 0.2) is 6.10 Å². The van der Waals surface area contributed by atoms with Crippen LogP contribution in [-0.4, -0.2) is 37.2 Å². The van der Waals surface area contributed by atoms with Crippen molar-refractivity contribution in [3.05, 3.63) is 0 Å². The Hall–Kier alpha value is -1.59. The van der Waals surface area contributed by atoms with Gasteiger partial charge in [0.2, 0.25) is 0 Å². The Morgan fingerprint density at radius 2 is 0.527 bits per heavy atom. The van der Waals surface area contributed by atoms with E-state index in [4.69, 9.17) is 14.2 Å².